The van der Waals surface area contributed by atoms with Crippen LogP contribution in [0.1, 0.15) is 71.8 Å². The summed E-state index contributed by atoms with van der Waals surface area (Å²) in [5, 5.41) is 12.9. The van der Waals surface area contributed by atoms with Crippen molar-refractivity contribution in [1.82, 2.24) is 4.98 Å². The molecule has 0 amide bonds. The average Bonchev–Trinajstić information content (AvgIpc) is 3.47. The van der Waals surface area contributed by atoms with Gasteiger partial charge < -0.3 is 5.21 Å². The van der Waals surface area contributed by atoms with E-state index in [0.717, 1.165) is 17.5 Å². The Kier molecular flexibility index (Phi) is 4.80. The Labute approximate surface area is 187 Å². The molecular formula is C28H36N2O. The first kappa shape index (κ1) is 20.7. The van der Waals surface area contributed by atoms with Crippen molar-refractivity contribution in [3.8, 4) is 0 Å². The van der Waals surface area contributed by atoms with Crippen molar-refractivity contribution in [3.05, 3.63) is 60.0 Å². The SMILES string of the molecule is CC.CC12C=C/C(=N\O)C=C1C1(CC1)CC1C2CCC2(C)C(c3cccnc3)=CCC12. The van der Waals surface area contributed by atoms with E-state index < -0.39 is 0 Å². The number of pyridine rings is 1. The molecule has 1 heterocycles. The van der Waals surface area contributed by atoms with Gasteiger partial charge >= 0.3 is 0 Å². The number of hydrogen-bond acceptors (Lipinski definition) is 3. The zero-order valence-electron chi connectivity index (χ0n) is 19.4. The molecule has 0 aromatic carbocycles. The first-order chi connectivity index (χ1) is 15.0. The Morgan fingerprint density at radius 3 is 2.61 bits per heavy atom. The van der Waals surface area contributed by atoms with Crippen LogP contribution < -0.4 is 0 Å². The summed E-state index contributed by atoms with van der Waals surface area (Å²) < 4.78 is 0. The minimum atomic E-state index is 0.117. The molecule has 0 saturated heterocycles. The Morgan fingerprint density at radius 1 is 1.13 bits per heavy atom. The minimum absolute atomic E-state index is 0.117. The quantitative estimate of drug-likeness (QED) is 0.393. The average molecular weight is 417 g/mol. The third-order valence-electron chi connectivity index (χ3n) is 9.40. The highest BCUT2D eigenvalue weighted by Crippen LogP contribution is 2.74. The fourth-order valence-electron chi connectivity index (χ4n) is 7.85. The predicted molar refractivity (Wildman–Crippen MR) is 127 cm³/mol. The van der Waals surface area contributed by atoms with Gasteiger partial charge in [-0.2, -0.15) is 0 Å². The van der Waals surface area contributed by atoms with Crippen LogP contribution in [0, 0.1) is 34.0 Å². The molecule has 5 aliphatic rings. The van der Waals surface area contributed by atoms with Crippen LogP contribution in [-0.4, -0.2) is 15.9 Å². The number of nitrogens with zero attached hydrogens (tertiary/aromatic N) is 2. The van der Waals surface area contributed by atoms with Crippen LogP contribution in [0.15, 0.2) is 59.6 Å². The molecule has 1 aromatic rings. The van der Waals surface area contributed by atoms with Crippen molar-refractivity contribution in [2.45, 2.75) is 66.2 Å². The van der Waals surface area contributed by atoms with E-state index in [-0.39, 0.29) is 10.8 Å². The van der Waals surface area contributed by atoms with Gasteiger partial charge in [-0.15, -0.1) is 0 Å². The van der Waals surface area contributed by atoms with Crippen LogP contribution in [0.4, 0.5) is 0 Å². The standard InChI is InChI=1S/C26H30N2O.C2H6/c1-24-10-8-22-19(21(24)6-5-20(24)17-4-3-13-27-16-17)15-26(11-12-26)23-14-18(28-29)7-9-25(22,23)2;1-2/h3-5,7,9,13-14,16,19,21-22,29H,6,8,10-12,15H2,1-2H3;1-2H3/b28-18+;. The Balaban J connectivity index is 0.000000994. The van der Waals surface area contributed by atoms with E-state index in [1.165, 1.54) is 44.1 Å². The van der Waals surface area contributed by atoms with Crippen molar-refractivity contribution in [3.63, 3.8) is 0 Å². The van der Waals surface area contributed by atoms with Crippen LogP contribution in [0.2, 0.25) is 0 Å². The number of allylic oxidation sites excluding steroid dienone is 6. The molecule has 1 aromatic heterocycles. The number of fused-ring (bicyclic) bond motifs is 6. The lowest BCUT2D eigenvalue weighted by atomic mass is 9.45. The van der Waals surface area contributed by atoms with Crippen molar-refractivity contribution in [2.75, 3.05) is 0 Å². The molecule has 5 aliphatic carbocycles. The predicted octanol–water partition coefficient (Wildman–Crippen LogP) is 7.06. The second kappa shape index (κ2) is 7.18. The van der Waals surface area contributed by atoms with Gasteiger partial charge in [-0.1, -0.05) is 56.6 Å². The Bertz CT molecular complexity index is 984. The molecule has 164 valence electrons. The molecule has 6 rings (SSSR count). The highest BCUT2D eigenvalue weighted by molar-refractivity contribution is 6.05. The summed E-state index contributed by atoms with van der Waals surface area (Å²) in [7, 11) is 0. The van der Waals surface area contributed by atoms with Crippen molar-refractivity contribution < 1.29 is 5.21 Å². The maximum atomic E-state index is 9.36. The number of oxime groups is 1. The molecule has 5 unspecified atom stereocenters. The first-order valence-corrected chi connectivity index (χ1v) is 12.3. The van der Waals surface area contributed by atoms with Crippen LogP contribution in [0.25, 0.3) is 5.57 Å². The molecule has 3 fully saturated rings. The molecule has 5 atom stereocenters. The zero-order chi connectivity index (χ0) is 21.9. The zero-order valence-corrected chi connectivity index (χ0v) is 19.4. The Hall–Kier alpha value is -2.16. The molecule has 0 bridgehead atoms. The van der Waals surface area contributed by atoms with Gasteiger partial charge in [0.2, 0.25) is 0 Å². The summed E-state index contributed by atoms with van der Waals surface area (Å²) in [4.78, 5) is 4.40. The van der Waals surface area contributed by atoms with E-state index in [1.54, 1.807) is 11.1 Å². The van der Waals surface area contributed by atoms with E-state index in [9.17, 15) is 5.21 Å². The van der Waals surface area contributed by atoms with Crippen molar-refractivity contribution in [1.29, 1.82) is 0 Å². The van der Waals surface area contributed by atoms with E-state index in [1.807, 2.05) is 26.1 Å². The van der Waals surface area contributed by atoms with E-state index in [4.69, 9.17) is 0 Å². The van der Waals surface area contributed by atoms with Crippen molar-refractivity contribution >= 4 is 11.3 Å². The molecule has 0 radical (unpaired) electrons. The normalized spacial score (nSPS) is 40.1. The number of hydrogen-bond donors (Lipinski definition) is 1. The highest BCUT2D eigenvalue weighted by atomic mass is 16.4. The Morgan fingerprint density at radius 2 is 1.94 bits per heavy atom. The smallest absolute Gasteiger partial charge is 0.102 e. The summed E-state index contributed by atoms with van der Waals surface area (Å²) in [6.07, 6.45) is 20.8. The molecule has 0 aliphatic heterocycles. The first-order valence-electron chi connectivity index (χ1n) is 12.3. The third kappa shape index (κ3) is 2.84. The van der Waals surface area contributed by atoms with Gasteiger partial charge in [0.05, 0.1) is 0 Å². The monoisotopic (exact) mass is 416 g/mol. The van der Waals surface area contributed by atoms with Gasteiger partial charge in [-0.3, -0.25) is 4.98 Å². The number of rotatable bonds is 1. The van der Waals surface area contributed by atoms with Crippen LogP contribution in [0.3, 0.4) is 0 Å². The largest absolute Gasteiger partial charge is 0.410 e. The lowest BCUT2D eigenvalue weighted by Gasteiger charge is -2.59. The second-order valence-electron chi connectivity index (χ2n) is 10.6. The third-order valence-corrected chi connectivity index (χ3v) is 9.40. The van der Waals surface area contributed by atoms with E-state index in [0.29, 0.717) is 11.3 Å². The maximum absolute atomic E-state index is 9.36. The van der Waals surface area contributed by atoms with E-state index >= 15 is 0 Å². The van der Waals surface area contributed by atoms with Gasteiger partial charge in [-0.05, 0) is 96.5 Å². The van der Waals surface area contributed by atoms with Gasteiger partial charge in [0.1, 0.15) is 5.71 Å². The van der Waals surface area contributed by atoms with Gasteiger partial charge in [0.25, 0.3) is 0 Å². The summed E-state index contributed by atoms with van der Waals surface area (Å²) in [5.74, 6) is 2.19. The topological polar surface area (TPSA) is 45.5 Å². The molecule has 3 nitrogen and oxygen atoms in total. The van der Waals surface area contributed by atoms with Gasteiger partial charge in [0.15, 0.2) is 0 Å². The summed E-state index contributed by atoms with van der Waals surface area (Å²) in [6, 6.07) is 4.31. The molecule has 3 heteroatoms. The van der Waals surface area contributed by atoms with Gasteiger partial charge in [-0.25, -0.2) is 0 Å². The summed E-state index contributed by atoms with van der Waals surface area (Å²) >= 11 is 0. The lowest BCUT2D eigenvalue weighted by molar-refractivity contribution is -0.0175. The number of aromatic nitrogens is 1. The summed E-state index contributed by atoms with van der Waals surface area (Å²) in [6.45, 7) is 8.99. The molecular weight excluding hydrogens is 380 g/mol. The van der Waals surface area contributed by atoms with Crippen LogP contribution in [-0.2, 0) is 0 Å². The molecule has 3 saturated carbocycles. The van der Waals surface area contributed by atoms with Crippen molar-refractivity contribution in [2.24, 2.45) is 39.2 Å². The lowest BCUT2D eigenvalue weighted by Crippen LogP contribution is -2.51. The molecule has 31 heavy (non-hydrogen) atoms. The second-order valence-corrected chi connectivity index (χ2v) is 10.6. The fraction of sp³-hybridized carbons (Fsp3) is 0.571. The van der Waals surface area contributed by atoms with Crippen LogP contribution >= 0.6 is 0 Å². The minimum Gasteiger partial charge on any atom is -0.410 e. The maximum Gasteiger partial charge on any atom is 0.102 e. The van der Waals surface area contributed by atoms with E-state index in [2.05, 4.69) is 60.5 Å². The fourth-order valence-corrected chi connectivity index (χ4v) is 7.85. The van der Waals surface area contributed by atoms with Gasteiger partial charge in [0, 0.05) is 17.8 Å². The highest BCUT2D eigenvalue weighted by Gasteiger charge is 2.64. The molecule has 1 N–H and O–H groups in total. The summed E-state index contributed by atoms with van der Waals surface area (Å²) in [5.41, 5.74) is 5.89. The molecule has 1 spiro atoms. The van der Waals surface area contributed by atoms with Crippen LogP contribution in [0.5, 0.6) is 0 Å².